The number of aryl methyl sites for hydroxylation is 2. The van der Waals surface area contributed by atoms with E-state index in [2.05, 4.69) is 9.98 Å². The molecule has 2 aliphatic carbocycles. The Bertz CT molecular complexity index is 1830. The average molecular weight is 656 g/mol. The van der Waals surface area contributed by atoms with Crippen LogP contribution in [0.3, 0.4) is 0 Å². The molecule has 2 N–H and O–H groups in total. The van der Waals surface area contributed by atoms with Crippen LogP contribution in [0, 0.1) is 13.8 Å². The number of nitrogens with zero attached hydrogens (tertiary/aromatic N) is 2. The lowest BCUT2D eigenvalue weighted by Crippen LogP contribution is -2.31. The number of fused-ring (bicyclic) bond motifs is 4. The molecule has 228 valence electrons. The highest BCUT2D eigenvalue weighted by atomic mass is 35.5. The predicted octanol–water partition coefficient (Wildman–Crippen LogP) is 6.56. The maximum absolute atomic E-state index is 11.6. The van der Waals surface area contributed by atoms with Crippen molar-refractivity contribution in [2.45, 2.75) is 52.4 Å². The molecule has 9 nitrogen and oxygen atoms in total. The van der Waals surface area contributed by atoms with Gasteiger partial charge in [-0.15, -0.1) is 12.6 Å². The van der Waals surface area contributed by atoms with Crippen molar-refractivity contribution in [1.29, 1.82) is 0 Å². The van der Waals surface area contributed by atoms with E-state index < -0.39 is 21.4 Å². The van der Waals surface area contributed by atoms with Crippen LogP contribution in [0.2, 0.25) is 10.0 Å². The van der Waals surface area contributed by atoms with Crippen molar-refractivity contribution in [1.82, 2.24) is 0 Å². The first kappa shape index (κ1) is 32.8. The molecule has 2 aliphatic heterocycles. The molecule has 0 unspecified atom stereocenters. The Labute approximate surface area is 265 Å². The number of carbonyl (C=O) groups is 2. The van der Waals surface area contributed by atoms with Gasteiger partial charge in [0.15, 0.2) is 11.6 Å². The number of carbonyl (C=O) groups excluding carboxylic acids is 2. The van der Waals surface area contributed by atoms with Gasteiger partial charge in [0.1, 0.15) is 11.5 Å². The van der Waals surface area contributed by atoms with Crippen molar-refractivity contribution in [3.05, 3.63) is 92.0 Å². The largest absolute Gasteiger partial charge is 0.506 e. The molecule has 0 bridgehead atoms. The molecule has 4 aliphatic rings. The number of hydrogen-bond acceptors (Lipinski definition) is 9. The van der Waals surface area contributed by atoms with Crippen molar-refractivity contribution in [3.63, 3.8) is 0 Å². The van der Waals surface area contributed by atoms with Crippen molar-refractivity contribution in [3.8, 4) is 11.5 Å². The number of rotatable bonds is 0. The second kappa shape index (κ2) is 11.8. The molecule has 0 fully saturated rings. The van der Waals surface area contributed by atoms with Gasteiger partial charge >= 0.3 is 10.6 Å². The minimum absolute atomic E-state index is 0.0528. The smallest absolute Gasteiger partial charge is 0.425 e. The van der Waals surface area contributed by atoms with E-state index in [4.69, 9.17) is 35.8 Å². The molecule has 2 aromatic rings. The van der Waals surface area contributed by atoms with Crippen LogP contribution in [0.1, 0.15) is 49.9 Å². The summed E-state index contributed by atoms with van der Waals surface area (Å²) in [4.78, 5) is 32.4. The van der Waals surface area contributed by atoms with Crippen LogP contribution in [0.25, 0.3) is 0 Å². The Morgan fingerprint density at radius 3 is 1.30 bits per heavy atom. The number of benzene rings is 2. The van der Waals surface area contributed by atoms with E-state index in [-0.39, 0.29) is 23.1 Å². The molecule has 0 saturated heterocycles. The van der Waals surface area contributed by atoms with Crippen molar-refractivity contribution in [2.24, 2.45) is 9.98 Å². The molecule has 0 spiro atoms. The molecular formula is C32H28Cl2N2O7S. The molecule has 0 radical (unpaired) electrons. The summed E-state index contributed by atoms with van der Waals surface area (Å²) < 4.78 is 25.3. The number of hydrogen-bond donors (Lipinski definition) is 2. The van der Waals surface area contributed by atoms with Crippen LogP contribution in [0.5, 0.6) is 11.5 Å². The Balaban J connectivity index is 0.000000179. The number of phenols is 2. The van der Waals surface area contributed by atoms with E-state index in [1.54, 1.807) is 38.2 Å². The summed E-state index contributed by atoms with van der Waals surface area (Å²) in [5, 5.41) is 20.8. The molecule has 0 aromatic heterocycles. The van der Waals surface area contributed by atoms with E-state index >= 15 is 0 Å². The fourth-order valence-electron chi connectivity index (χ4n) is 5.62. The summed E-state index contributed by atoms with van der Waals surface area (Å²) in [7, 11) is -3.11. The SMILES string of the molecule is Cc1cc2c(c(Cl)c1O)C(C)(C)C1=CC(=O)C=CC1=N2.Cc1cc2c(c(Cl)c1O)C(C)(C)C1=CC(=O)C=CC1=N2.O=S(=O)=O. The third-order valence-electron chi connectivity index (χ3n) is 7.84. The monoisotopic (exact) mass is 654 g/mol. The summed E-state index contributed by atoms with van der Waals surface area (Å²) in [5.74, 6) is 0.0525. The molecule has 2 aromatic carbocycles. The maximum atomic E-state index is 11.6. The van der Waals surface area contributed by atoms with Gasteiger partial charge < -0.3 is 10.2 Å². The van der Waals surface area contributed by atoms with Gasteiger partial charge in [0, 0.05) is 22.0 Å². The van der Waals surface area contributed by atoms with E-state index in [1.165, 1.54) is 12.2 Å². The lowest BCUT2D eigenvalue weighted by atomic mass is 9.71. The lowest BCUT2D eigenvalue weighted by molar-refractivity contribution is -0.111. The van der Waals surface area contributed by atoms with E-state index in [1.807, 2.05) is 39.8 Å². The van der Waals surface area contributed by atoms with E-state index in [0.29, 0.717) is 21.2 Å². The second-order valence-electron chi connectivity index (χ2n) is 11.5. The highest BCUT2D eigenvalue weighted by Gasteiger charge is 2.39. The fourth-order valence-corrected chi connectivity index (χ4v) is 6.58. The van der Waals surface area contributed by atoms with Crippen LogP contribution >= 0.6 is 23.2 Å². The van der Waals surface area contributed by atoms with Crippen LogP contribution in [0.4, 0.5) is 11.4 Å². The Kier molecular flexibility index (Phi) is 8.76. The third-order valence-corrected chi connectivity index (χ3v) is 8.57. The zero-order valence-corrected chi connectivity index (χ0v) is 26.9. The summed E-state index contributed by atoms with van der Waals surface area (Å²) >= 11 is 12.6. The van der Waals surface area contributed by atoms with E-state index in [0.717, 1.165) is 45.1 Å². The molecule has 0 saturated carbocycles. The summed E-state index contributed by atoms with van der Waals surface area (Å²) in [6, 6.07) is 3.65. The van der Waals surface area contributed by atoms with Crippen LogP contribution < -0.4 is 0 Å². The molecule has 0 amide bonds. The molecule has 6 rings (SSSR count). The highest BCUT2D eigenvalue weighted by molar-refractivity contribution is 7.59. The number of ketones is 2. The second-order valence-corrected chi connectivity index (χ2v) is 12.7. The standard InChI is InChI=1S/2C16H14ClNO2.O3S/c2*1-8-6-12-13(14(17)15(8)20)16(2,3)10-7-9(19)4-5-11(10)18-12;1-4(2)3/h2*4-7,20H,1-3H3;. The van der Waals surface area contributed by atoms with Crippen molar-refractivity contribution in [2.75, 3.05) is 0 Å². The number of aromatic hydroxyl groups is 2. The topological polar surface area (TPSA) is 151 Å². The summed E-state index contributed by atoms with van der Waals surface area (Å²) in [5.41, 5.74) is 6.69. The Morgan fingerprint density at radius 1 is 0.659 bits per heavy atom. The number of aliphatic imine (C=N–C) groups is 2. The maximum Gasteiger partial charge on any atom is 0.425 e. The lowest BCUT2D eigenvalue weighted by Gasteiger charge is -2.35. The zero-order chi connectivity index (χ0) is 32.9. The average Bonchev–Trinajstić information content (AvgIpc) is 2.91. The van der Waals surface area contributed by atoms with Gasteiger partial charge in [-0.25, -0.2) is 9.98 Å². The summed E-state index contributed by atoms with van der Waals surface area (Å²) in [6.07, 6.45) is 9.68. The highest BCUT2D eigenvalue weighted by Crippen LogP contribution is 2.51. The minimum Gasteiger partial charge on any atom is -0.506 e. The molecule has 44 heavy (non-hydrogen) atoms. The first-order valence-electron chi connectivity index (χ1n) is 13.3. The minimum atomic E-state index is -3.11. The first-order chi connectivity index (χ1) is 20.4. The normalized spacial score (nSPS) is 17.9. The molecule has 0 atom stereocenters. The summed E-state index contributed by atoms with van der Waals surface area (Å²) in [6.45, 7) is 11.5. The van der Waals surface area contributed by atoms with Gasteiger partial charge in [-0.3, -0.25) is 9.59 Å². The molecule has 2 heterocycles. The van der Waals surface area contributed by atoms with Gasteiger partial charge in [0.2, 0.25) is 0 Å². The van der Waals surface area contributed by atoms with Gasteiger partial charge in [-0.05, 0) is 84.7 Å². The van der Waals surface area contributed by atoms with Crippen molar-refractivity contribution < 1.29 is 32.4 Å². The first-order valence-corrected chi connectivity index (χ1v) is 15.0. The molecule has 12 heteroatoms. The number of phenolic OH excluding ortho intramolecular Hbond substituents is 2. The van der Waals surface area contributed by atoms with Crippen LogP contribution in [-0.4, -0.2) is 45.8 Å². The Hall–Kier alpha value is -4.12. The van der Waals surface area contributed by atoms with Gasteiger partial charge in [0.25, 0.3) is 0 Å². The third kappa shape index (κ3) is 5.85. The number of halogens is 2. The van der Waals surface area contributed by atoms with Crippen LogP contribution in [0.15, 0.2) is 69.7 Å². The van der Waals surface area contributed by atoms with Crippen LogP contribution in [-0.2, 0) is 31.0 Å². The van der Waals surface area contributed by atoms with E-state index in [9.17, 15) is 19.8 Å². The predicted molar refractivity (Wildman–Crippen MR) is 170 cm³/mol. The Morgan fingerprint density at radius 2 is 0.977 bits per heavy atom. The van der Waals surface area contributed by atoms with Gasteiger partial charge in [-0.2, -0.15) is 0 Å². The zero-order valence-electron chi connectivity index (χ0n) is 24.6. The van der Waals surface area contributed by atoms with Crippen molar-refractivity contribution >= 4 is 68.2 Å². The van der Waals surface area contributed by atoms with Gasteiger partial charge in [0.05, 0.1) is 32.8 Å². The number of allylic oxidation sites excluding steroid dienone is 8. The molecular weight excluding hydrogens is 627 g/mol. The quantitative estimate of drug-likeness (QED) is 0.305. The fraction of sp³-hybridized carbons (Fsp3) is 0.250. The van der Waals surface area contributed by atoms with Gasteiger partial charge in [-0.1, -0.05) is 50.9 Å².